The highest BCUT2D eigenvalue weighted by atomic mass is 35.5. The summed E-state index contributed by atoms with van der Waals surface area (Å²) < 4.78 is 44.1. The van der Waals surface area contributed by atoms with Gasteiger partial charge in [-0.3, -0.25) is 4.79 Å². The Labute approximate surface area is 210 Å². The van der Waals surface area contributed by atoms with Gasteiger partial charge in [0.2, 0.25) is 15.9 Å². The minimum absolute atomic E-state index is 0.0113. The Morgan fingerprint density at radius 3 is 2.17 bits per heavy atom. The van der Waals surface area contributed by atoms with E-state index in [0.717, 1.165) is 15.4 Å². The van der Waals surface area contributed by atoms with E-state index in [1.807, 2.05) is 6.07 Å². The van der Waals surface area contributed by atoms with E-state index in [4.69, 9.17) is 25.8 Å². The Balaban J connectivity index is 1.84. The van der Waals surface area contributed by atoms with Crippen molar-refractivity contribution in [1.82, 2.24) is 9.62 Å². The molecule has 0 aliphatic carbocycles. The van der Waals surface area contributed by atoms with Crippen molar-refractivity contribution in [3.63, 3.8) is 0 Å². The number of benzene rings is 3. The van der Waals surface area contributed by atoms with E-state index in [1.54, 1.807) is 42.5 Å². The second-order valence-corrected chi connectivity index (χ2v) is 9.86. The Kier molecular flexibility index (Phi) is 8.97. The lowest BCUT2D eigenvalue weighted by atomic mass is 10.2. The molecule has 0 aliphatic heterocycles. The summed E-state index contributed by atoms with van der Waals surface area (Å²) in [6.45, 7) is -0.234. The molecule has 0 saturated carbocycles. The lowest BCUT2D eigenvalue weighted by molar-refractivity contribution is -0.121. The maximum atomic E-state index is 13.6. The number of nitrogens with one attached hydrogen (secondary N) is 1. The fraction of sp³-hybridized carbons (Fsp3) is 0.240. The number of sulfonamides is 1. The number of carbonyl (C=O) groups is 1. The van der Waals surface area contributed by atoms with Crippen LogP contribution in [0.15, 0.2) is 71.6 Å². The van der Waals surface area contributed by atoms with Crippen LogP contribution in [0, 0.1) is 0 Å². The van der Waals surface area contributed by atoms with Crippen LogP contribution in [0.25, 0.3) is 0 Å². The summed E-state index contributed by atoms with van der Waals surface area (Å²) in [5.74, 6) is 0.761. The predicted octanol–water partition coefficient (Wildman–Crippen LogP) is 3.87. The van der Waals surface area contributed by atoms with Crippen LogP contribution < -0.4 is 19.5 Å². The van der Waals surface area contributed by atoms with Gasteiger partial charge in [0.25, 0.3) is 0 Å². The highest BCUT2D eigenvalue weighted by molar-refractivity contribution is 7.89. The van der Waals surface area contributed by atoms with Gasteiger partial charge in [-0.2, -0.15) is 4.31 Å². The van der Waals surface area contributed by atoms with Crippen LogP contribution in [0.1, 0.15) is 11.1 Å². The van der Waals surface area contributed by atoms with Crippen LogP contribution in [0.5, 0.6) is 17.2 Å². The Hall–Kier alpha value is -3.27. The van der Waals surface area contributed by atoms with E-state index < -0.39 is 22.5 Å². The maximum Gasteiger partial charge on any atom is 0.247 e. The Bertz CT molecular complexity index is 1270. The molecule has 0 radical (unpaired) electrons. The van der Waals surface area contributed by atoms with Crippen molar-refractivity contribution >= 4 is 27.5 Å². The average Bonchev–Trinajstić information content (AvgIpc) is 2.87. The SMILES string of the molecule is COc1ccc(CNC(=O)CN(Cc2ccccc2)S(=O)(=O)c2cc(Cl)ccc2OC)cc1OC. The lowest BCUT2D eigenvalue weighted by Crippen LogP contribution is -2.40. The quantitative estimate of drug-likeness (QED) is 0.414. The van der Waals surface area contributed by atoms with E-state index in [0.29, 0.717) is 11.5 Å². The van der Waals surface area contributed by atoms with Crippen molar-refractivity contribution < 1.29 is 27.4 Å². The van der Waals surface area contributed by atoms with Crippen LogP contribution in [0.3, 0.4) is 0 Å². The molecule has 1 amide bonds. The van der Waals surface area contributed by atoms with Gasteiger partial charge in [0.15, 0.2) is 11.5 Å². The first-order chi connectivity index (χ1) is 16.8. The predicted molar refractivity (Wildman–Crippen MR) is 133 cm³/mol. The monoisotopic (exact) mass is 518 g/mol. The molecule has 186 valence electrons. The zero-order valence-electron chi connectivity index (χ0n) is 19.7. The van der Waals surface area contributed by atoms with Crippen LogP contribution in [-0.4, -0.2) is 46.5 Å². The number of rotatable bonds is 11. The first-order valence-corrected chi connectivity index (χ1v) is 12.5. The van der Waals surface area contributed by atoms with E-state index in [-0.39, 0.29) is 28.8 Å². The van der Waals surface area contributed by atoms with Crippen molar-refractivity contribution in [2.45, 2.75) is 18.0 Å². The third-order valence-electron chi connectivity index (χ3n) is 5.20. The topological polar surface area (TPSA) is 94.2 Å². The number of hydrogen-bond donors (Lipinski definition) is 1. The van der Waals surface area contributed by atoms with Crippen molar-refractivity contribution in [2.75, 3.05) is 27.9 Å². The fourth-order valence-electron chi connectivity index (χ4n) is 3.41. The van der Waals surface area contributed by atoms with Crippen LogP contribution in [0.2, 0.25) is 5.02 Å². The van der Waals surface area contributed by atoms with Crippen LogP contribution >= 0.6 is 11.6 Å². The van der Waals surface area contributed by atoms with Gasteiger partial charge in [-0.1, -0.05) is 48.0 Å². The van der Waals surface area contributed by atoms with Crippen LogP contribution in [0.4, 0.5) is 0 Å². The summed E-state index contributed by atoms with van der Waals surface area (Å²) in [6.07, 6.45) is 0. The maximum absolute atomic E-state index is 13.6. The zero-order chi connectivity index (χ0) is 25.4. The number of hydrogen-bond acceptors (Lipinski definition) is 6. The normalized spacial score (nSPS) is 11.2. The highest BCUT2D eigenvalue weighted by Crippen LogP contribution is 2.30. The smallest absolute Gasteiger partial charge is 0.247 e. The van der Waals surface area contributed by atoms with Gasteiger partial charge < -0.3 is 19.5 Å². The molecule has 0 aromatic heterocycles. The molecular weight excluding hydrogens is 492 g/mol. The molecule has 3 aromatic rings. The molecule has 0 bridgehead atoms. The Morgan fingerprint density at radius 2 is 1.51 bits per heavy atom. The molecule has 3 rings (SSSR count). The summed E-state index contributed by atoms with van der Waals surface area (Å²) in [6, 6.07) is 18.6. The standard InChI is InChI=1S/C25H27ClN2O6S/c1-32-21-11-9-19(13-23(21)34-3)15-27-25(29)17-28(16-18-7-5-4-6-8-18)35(30,31)24-14-20(26)10-12-22(24)33-2/h4-14H,15-17H2,1-3H3,(H,27,29). The largest absolute Gasteiger partial charge is 0.495 e. The molecule has 0 atom stereocenters. The second kappa shape index (κ2) is 11.9. The molecule has 1 N–H and O–H groups in total. The third kappa shape index (κ3) is 6.66. The van der Waals surface area contributed by atoms with Gasteiger partial charge in [-0.15, -0.1) is 0 Å². The number of ether oxygens (including phenoxy) is 3. The van der Waals surface area contributed by atoms with Gasteiger partial charge in [-0.25, -0.2) is 8.42 Å². The minimum atomic E-state index is -4.14. The Morgan fingerprint density at radius 1 is 0.857 bits per heavy atom. The molecule has 10 heteroatoms. The average molecular weight is 519 g/mol. The molecule has 0 heterocycles. The van der Waals surface area contributed by atoms with Gasteiger partial charge >= 0.3 is 0 Å². The van der Waals surface area contributed by atoms with Crippen molar-refractivity contribution in [2.24, 2.45) is 0 Å². The summed E-state index contributed by atoms with van der Waals surface area (Å²) >= 11 is 6.08. The van der Waals surface area contributed by atoms with Crippen molar-refractivity contribution in [3.05, 3.63) is 82.9 Å². The third-order valence-corrected chi connectivity index (χ3v) is 7.25. The van der Waals surface area contributed by atoms with Gasteiger partial charge in [-0.05, 0) is 41.5 Å². The number of methoxy groups -OCH3 is 3. The summed E-state index contributed by atoms with van der Waals surface area (Å²) in [5.41, 5.74) is 1.50. The second-order valence-electron chi connectivity index (χ2n) is 7.52. The van der Waals surface area contributed by atoms with Gasteiger partial charge in [0.05, 0.1) is 27.9 Å². The fourth-order valence-corrected chi connectivity index (χ4v) is 5.21. The number of halogens is 1. The highest BCUT2D eigenvalue weighted by Gasteiger charge is 2.30. The molecule has 0 unspecified atom stereocenters. The summed E-state index contributed by atoms with van der Waals surface area (Å²) in [4.78, 5) is 12.7. The van der Waals surface area contributed by atoms with Crippen molar-refractivity contribution in [1.29, 1.82) is 0 Å². The molecule has 0 saturated heterocycles. The van der Waals surface area contributed by atoms with E-state index in [2.05, 4.69) is 5.32 Å². The van der Waals surface area contributed by atoms with Gasteiger partial charge in [0, 0.05) is 18.1 Å². The summed E-state index contributed by atoms with van der Waals surface area (Å²) in [7, 11) is 0.301. The van der Waals surface area contributed by atoms with E-state index in [9.17, 15) is 13.2 Å². The van der Waals surface area contributed by atoms with Gasteiger partial charge in [0.1, 0.15) is 10.6 Å². The molecular formula is C25H27ClN2O6S. The van der Waals surface area contributed by atoms with E-state index in [1.165, 1.54) is 39.5 Å². The number of amides is 1. The van der Waals surface area contributed by atoms with Crippen molar-refractivity contribution in [3.8, 4) is 17.2 Å². The molecule has 0 fully saturated rings. The lowest BCUT2D eigenvalue weighted by Gasteiger charge is -2.23. The molecule has 35 heavy (non-hydrogen) atoms. The van der Waals surface area contributed by atoms with Crippen LogP contribution in [-0.2, 0) is 27.9 Å². The zero-order valence-corrected chi connectivity index (χ0v) is 21.2. The summed E-state index contributed by atoms with van der Waals surface area (Å²) in [5, 5.41) is 3.01. The number of nitrogens with zero attached hydrogens (tertiary/aromatic N) is 1. The first kappa shape index (κ1) is 26.3. The molecule has 3 aromatic carbocycles. The minimum Gasteiger partial charge on any atom is -0.495 e. The van der Waals surface area contributed by atoms with E-state index >= 15 is 0 Å². The molecule has 0 spiro atoms. The first-order valence-electron chi connectivity index (χ1n) is 10.6. The number of carbonyl (C=O) groups excluding carboxylic acids is 1. The molecule has 8 nitrogen and oxygen atoms in total. The molecule has 0 aliphatic rings.